The van der Waals surface area contributed by atoms with E-state index in [4.69, 9.17) is 0 Å². The summed E-state index contributed by atoms with van der Waals surface area (Å²) in [6.07, 6.45) is 9.82. The van der Waals surface area contributed by atoms with Crippen LogP contribution in [0.4, 0.5) is 0 Å². The monoisotopic (exact) mass is 303 g/mol. The molecule has 0 saturated carbocycles. The van der Waals surface area contributed by atoms with E-state index < -0.39 is 0 Å². The Hall–Kier alpha value is -1.13. The fraction of sp³-hybridized carbons (Fsp3) is 0.588. The van der Waals surface area contributed by atoms with Crippen molar-refractivity contribution >= 4 is 11.3 Å². The molecule has 0 aromatic carbocycles. The van der Waals surface area contributed by atoms with Gasteiger partial charge in [-0.05, 0) is 50.8 Å². The van der Waals surface area contributed by atoms with Crippen LogP contribution in [0.1, 0.15) is 58.9 Å². The minimum absolute atomic E-state index is 0.536. The average molecular weight is 303 g/mol. The number of nitrogens with one attached hydrogen (secondary N) is 1. The van der Waals surface area contributed by atoms with E-state index in [0.717, 1.165) is 13.1 Å². The largest absolute Gasteiger partial charge is 0.347 e. The smallest absolute Gasteiger partial charge is 0.113 e. The second-order valence-electron chi connectivity index (χ2n) is 6.02. The molecular formula is C17H25N3S. The van der Waals surface area contributed by atoms with Gasteiger partial charge in [0.25, 0.3) is 0 Å². The van der Waals surface area contributed by atoms with Gasteiger partial charge in [-0.3, -0.25) is 0 Å². The van der Waals surface area contributed by atoms with Crippen LogP contribution in [0, 0.1) is 13.8 Å². The maximum absolute atomic E-state index is 4.67. The van der Waals surface area contributed by atoms with Crippen LogP contribution < -0.4 is 5.32 Å². The molecule has 114 valence electrons. The first-order chi connectivity index (χ1) is 10.2. The Morgan fingerprint density at radius 1 is 1.33 bits per heavy atom. The molecule has 1 aliphatic carbocycles. The molecule has 1 aliphatic rings. The summed E-state index contributed by atoms with van der Waals surface area (Å²) in [6, 6.07) is 0.536. The normalized spacial score (nSPS) is 18.5. The summed E-state index contributed by atoms with van der Waals surface area (Å²) >= 11 is 1.82. The van der Waals surface area contributed by atoms with Crippen LogP contribution in [0.15, 0.2) is 12.4 Å². The summed E-state index contributed by atoms with van der Waals surface area (Å²) in [5.41, 5.74) is 4.22. The maximum Gasteiger partial charge on any atom is 0.113 e. The van der Waals surface area contributed by atoms with Gasteiger partial charge in [-0.1, -0.05) is 13.3 Å². The SMILES string of the molecule is CCNC1CCCCc2cn(Cc3nc(C)c(C)s3)cc21. The summed E-state index contributed by atoms with van der Waals surface area (Å²) in [7, 11) is 0. The highest BCUT2D eigenvalue weighted by Crippen LogP contribution is 2.30. The molecule has 1 atom stereocenters. The number of hydrogen-bond donors (Lipinski definition) is 1. The Morgan fingerprint density at radius 2 is 2.19 bits per heavy atom. The minimum Gasteiger partial charge on any atom is -0.347 e. The lowest BCUT2D eigenvalue weighted by Crippen LogP contribution is -2.20. The van der Waals surface area contributed by atoms with Gasteiger partial charge in [0.2, 0.25) is 0 Å². The van der Waals surface area contributed by atoms with Crippen molar-refractivity contribution in [2.75, 3.05) is 6.54 Å². The molecule has 1 unspecified atom stereocenters. The fourth-order valence-electron chi connectivity index (χ4n) is 3.23. The highest BCUT2D eigenvalue weighted by Gasteiger charge is 2.20. The molecule has 0 aliphatic heterocycles. The molecule has 0 amide bonds. The van der Waals surface area contributed by atoms with Crippen molar-refractivity contribution in [3.8, 4) is 0 Å². The van der Waals surface area contributed by atoms with Crippen molar-refractivity contribution in [2.45, 2.75) is 59.0 Å². The van der Waals surface area contributed by atoms with Gasteiger partial charge in [-0.25, -0.2) is 4.98 Å². The van der Waals surface area contributed by atoms with E-state index >= 15 is 0 Å². The Morgan fingerprint density at radius 3 is 2.90 bits per heavy atom. The molecule has 0 spiro atoms. The van der Waals surface area contributed by atoms with E-state index in [2.05, 4.69) is 48.0 Å². The van der Waals surface area contributed by atoms with Gasteiger partial charge in [0.05, 0.1) is 12.2 Å². The molecule has 0 saturated heterocycles. The Bertz CT molecular complexity index is 592. The van der Waals surface area contributed by atoms with Gasteiger partial charge in [-0.15, -0.1) is 11.3 Å². The number of nitrogens with zero attached hydrogens (tertiary/aromatic N) is 2. The van der Waals surface area contributed by atoms with Crippen molar-refractivity contribution in [1.29, 1.82) is 0 Å². The van der Waals surface area contributed by atoms with Gasteiger partial charge in [0.15, 0.2) is 0 Å². The molecule has 0 bridgehead atoms. The third-order valence-corrected chi connectivity index (χ3v) is 5.46. The third-order valence-electron chi connectivity index (χ3n) is 4.40. The predicted octanol–water partition coefficient (Wildman–Crippen LogP) is 3.99. The number of rotatable bonds is 4. The lowest BCUT2D eigenvalue weighted by Gasteiger charge is -2.15. The van der Waals surface area contributed by atoms with E-state index in [9.17, 15) is 0 Å². The zero-order chi connectivity index (χ0) is 14.8. The predicted molar refractivity (Wildman–Crippen MR) is 89.1 cm³/mol. The molecule has 2 aromatic rings. The molecule has 0 fully saturated rings. The summed E-state index contributed by atoms with van der Waals surface area (Å²) in [6.45, 7) is 8.40. The fourth-order valence-corrected chi connectivity index (χ4v) is 4.17. The van der Waals surface area contributed by atoms with Gasteiger partial charge in [0.1, 0.15) is 5.01 Å². The summed E-state index contributed by atoms with van der Waals surface area (Å²) in [4.78, 5) is 6.00. The van der Waals surface area contributed by atoms with Gasteiger partial charge < -0.3 is 9.88 Å². The zero-order valence-electron chi connectivity index (χ0n) is 13.3. The lowest BCUT2D eigenvalue weighted by molar-refractivity contribution is 0.502. The molecule has 21 heavy (non-hydrogen) atoms. The van der Waals surface area contributed by atoms with Crippen molar-refractivity contribution in [2.24, 2.45) is 0 Å². The Balaban J connectivity index is 1.83. The Labute approximate surface area is 131 Å². The number of fused-ring (bicyclic) bond motifs is 1. The molecule has 2 aromatic heterocycles. The van der Waals surface area contributed by atoms with Crippen molar-refractivity contribution in [1.82, 2.24) is 14.9 Å². The van der Waals surface area contributed by atoms with E-state index in [1.807, 2.05) is 11.3 Å². The minimum atomic E-state index is 0.536. The van der Waals surface area contributed by atoms with Crippen molar-refractivity contribution in [3.63, 3.8) is 0 Å². The third kappa shape index (κ3) is 3.22. The summed E-state index contributed by atoms with van der Waals surface area (Å²) < 4.78 is 2.33. The summed E-state index contributed by atoms with van der Waals surface area (Å²) in [5, 5.41) is 4.86. The zero-order valence-corrected chi connectivity index (χ0v) is 14.1. The molecule has 2 heterocycles. The van der Waals surface area contributed by atoms with E-state index in [0.29, 0.717) is 6.04 Å². The average Bonchev–Trinajstić information content (AvgIpc) is 2.92. The summed E-state index contributed by atoms with van der Waals surface area (Å²) in [5.74, 6) is 0. The second-order valence-corrected chi connectivity index (χ2v) is 7.30. The lowest BCUT2D eigenvalue weighted by atomic mass is 10.0. The Kier molecular flexibility index (Phi) is 4.45. The highest BCUT2D eigenvalue weighted by molar-refractivity contribution is 7.11. The van der Waals surface area contributed by atoms with Crippen molar-refractivity contribution in [3.05, 3.63) is 39.1 Å². The van der Waals surface area contributed by atoms with Crippen LogP contribution in [0.25, 0.3) is 0 Å². The molecule has 3 nitrogen and oxygen atoms in total. The van der Waals surface area contributed by atoms with Crippen LogP contribution >= 0.6 is 11.3 Å². The van der Waals surface area contributed by atoms with Gasteiger partial charge in [-0.2, -0.15) is 0 Å². The first-order valence-electron chi connectivity index (χ1n) is 8.02. The topological polar surface area (TPSA) is 29.9 Å². The van der Waals surface area contributed by atoms with E-state index in [1.165, 1.54) is 52.4 Å². The first kappa shape index (κ1) is 14.8. The van der Waals surface area contributed by atoms with Gasteiger partial charge in [0, 0.05) is 23.3 Å². The first-order valence-corrected chi connectivity index (χ1v) is 8.84. The van der Waals surface area contributed by atoms with Crippen LogP contribution in [-0.2, 0) is 13.0 Å². The molecule has 3 rings (SSSR count). The quantitative estimate of drug-likeness (QED) is 0.866. The number of aromatic nitrogens is 2. The number of hydrogen-bond acceptors (Lipinski definition) is 3. The second kappa shape index (κ2) is 6.32. The van der Waals surface area contributed by atoms with Crippen LogP contribution in [-0.4, -0.2) is 16.1 Å². The number of aryl methyl sites for hydroxylation is 3. The van der Waals surface area contributed by atoms with Crippen LogP contribution in [0.2, 0.25) is 0 Å². The highest BCUT2D eigenvalue weighted by atomic mass is 32.1. The van der Waals surface area contributed by atoms with Crippen LogP contribution in [0.5, 0.6) is 0 Å². The van der Waals surface area contributed by atoms with E-state index in [1.54, 1.807) is 0 Å². The molecular weight excluding hydrogens is 278 g/mol. The van der Waals surface area contributed by atoms with Crippen molar-refractivity contribution < 1.29 is 0 Å². The van der Waals surface area contributed by atoms with E-state index in [-0.39, 0.29) is 0 Å². The maximum atomic E-state index is 4.67. The van der Waals surface area contributed by atoms with Gasteiger partial charge >= 0.3 is 0 Å². The number of thiazole rings is 1. The molecule has 0 radical (unpaired) electrons. The molecule has 4 heteroatoms. The van der Waals surface area contributed by atoms with Crippen LogP contribution in [0.3, 0.4) is 0 Å². The standard InChI is InChI=1S/C17H25N3S/c1-4-18-16-8-6-5-7-14-9-20(10-15(14)16)11-17-19-12(2)13(3)21-17/h9-10,16,18H,4-8,11H2,1-3H3. The molecule has 1 N–H and O–H groups in total.